The highest BCUT2D eigenvalue weighted by atomic mass is 35.5. The van der Waals surface area contributed by atoms with Gasteiger partial charge < -0.3 is 19.6 Å². The molecular weight excluding hydrogens is 535 g/mol. The number of pyridine rings is 1. The van der Waals surface area contributed by atoms with E-state index in [0.717, 1.165) is 0 Å². The molecule has 4 N–H and O–H groups in total. The van der Waals surface area contributed by atoms with Gasteiger partial charge >= 0.3 is 13.9 Å². The maximum absolute atomic E-state index is 13.8. The summed E-state index contributed by atoms with van der Waals surface area (Å²) in [7, 11) is -3.19. The minimum Gasteiger partial charge on any atom is -0.448 e. The van der Waals surface area contributed by atoms with E-state index in [0.29, 0.717) is 16.3 Å². The Kier molecular flexibility index (Phi) is 9.91. The Hall–Kier alpha value is -2.70. The molecule has 0 saturated carbocycles. The van der Waals surface area contributed by atoms with Crippen molar-refractivity contribution in [3.8, 4) is 0 Å². The number of aliphatic hydroxyl groups excluding tert-OH is 1. The molecule has 0 bridgehead atoms. The van der Waals surface area contributed by atoms with Crippen LogP contribution in [0.5, 0.6) is 0 Å². The number of hydrogen-bond acceptors (Lipinski definition) is 7. The van der Waals surface area contributed by atoms with Crippen molar-refractivity contribution in [2.75, 3.05) is 25.6 Å². The number of aromatic nitrogens is 1. The van der Waals surface area contributed by atoms with Gasteiger partial charge in [-0.3, -0.25) is 14.7 Å². The van der Waals surface area contributed by atoms with Gasteiger partial charge in [-0.15, -0.1) is 0 Å². The summed E-state index contributed by atoms with van der Waals surface area (Å²) in [6.07, 6.45) is -0.871. The Morgan fingerprint density at radius 1 is 1.19 bits per heavy atom. The van der Waals surface area contributed by atoms with Crippen LogP contribution in [0, 0.1) is 11.6 Å². The topological polar surface area (TPSA) is 141 Å². The molecule has 0 saturated heterocycles. The van der Waals surface area contributed by atoms with Crippen LogP contribution in [0.2, 0.25) is 5.02 Å². The molecule has 2 atom stereocenters. The number of amides is 1. The number of likely N-dealkylation sites (N-methyl/N-ethyl adjacent to an activating group) is 1. The Labute approximate surface area is 216 Å². The van der Waals surface area contributed by atoms with Crippen molar-refractivity contribution < 1.29 is 42.3 Å². The number of nitrogens with one attached hydrogen (secondary N) is 1. The molecule has 1 heterocycles. The van der Waals surface area contributed by atoms with Gasteiger partial charge in [0.1, 0.15) is 24.1 Å². The lowest BCUT2D eigenvalue weighted by Gasteiger charge is -2.29. The highest BCUT2D eigenvalue weighted by Gasteiger charge is 2.25. The van der Waals surface area contributed by atoms with Gasteiger partial charge in [-0.05, 0) is 54.8 Å². The molecule has 0 aliphatic carbocycles. The van der Waals surface area contributed by atoms with Gasteiger partial charge in [-0.1, -0.05) is 23.7 Å². The molecule has 1 unspecified atom stereocenters. The van der Waals surface area contributed by atoms with Crippen molar-refractivity contribution in [2.24, 2.45) is 0 Å². The second kappa shape index (κ2) is 12.7. The van der Waals surface area contributed by atoms with Crippen LogP contribution in [-0.2, 0) is 20.4 Å². The van der Waals surface area contributed by atoms with Crippen LogP contribution in [0.3, 0.4) is 0 Å². The number of carbonyl (C=O) groups is 1. The number of phosphoric acid groups is 1. The molecule has 14 heteroatoms. The number of anilines is 1. The second-order valence-corrected chi connectivity index (χ2v) is 9.86. The van der Waals surface area contributed by atoms with E-state index in [2.05, 4.69) is 14.8 Å². The van der Waals surface area contributed by atoms with E-state index in [1.807, 2.05) is 0 Å². The Bertz CT molecular complexity index is 1300. The smallest absolute Gasteiger partial charge is 0.448 e. The first-order valence-electron chi connectivity index (χ1n) is 10.9. The lowest BCUT2D eigenvalue weighted by molar-refractivity contribution is 0.0363. The third-order valence-electron chi connectivity index (χ3n) is 5.37. The molecule has 37 heavy (non-hydrogen) atoms. The summed E-state index contributed by atoms with van der Waals surface area (Å²) in [6, 6.07) is 9.19. The van der Waals surface area contributed by atoms with Crippen molar-refractivity contribution in [3.63, 3.8) is 0 Å². The molecule has 3 rings (SSSR count). The third kappa shape index (κ3) is 8.97. The van der Waals surface area contributed by atoms with Crippen LogP contribution >= 0.6 is 19.4 Å². The number of rotatable bonds is 11. The van der Waals surface area contributed by atoms with Crippen LogP contribution < -0.4 is 5.32 Å². The van der Waals surface area contributed by atoms with Crippen LogP contribution in [0.25, 0.3) is 10.8 Å². The van der Waals surface area contributed by atoms with Gasteiger partial charge in [0, 0.05) is 24.2 Å². The monoisotopic (exact) mass is 559 g/mol. The summed E-state index contributed by atoms with van der Waals surface area (Å²) in [5, 5.41) is 13.8. The zero-order valence-electron chi connectivity index (χ0n) is 19.6. The van der Waals surface area contributed by atoms with Crippen LogP contribution in [-0.4, -0.2) is 63.3 Å². The summed E-state index contributed by atoms with van der Waals surface area (Å²) in [6.45, 7) is -0.834. The first-order valence-corrected chi connectivity index (χ1v) is 12.8. The minimum absolute atomic E-state index is 0.0871. The van der Waals surface area contributed by atoms with E-state index < -0.39 is 44.3 Å². The quantitative estimate of drug-likeness (QED) is 0.256. The molecule has 0 radical (unpaired) electrons. The average Bonchev–Trinajstić information content (AvgIpc) is 2.82. The van der Waals surface area contributed by atoms with Crippen molar-refractivity contribution in [2.45, 2.75) is 25.1 Å². The Balaban J connectivity index is 1.67. The fraction of sp³-hybridized carbons (Fsp3) is 0.304. The number of benzene rings is 2. The van der Waals surface area contributed by atoms with Gasteiger partial charge in [0.25, 0.3) is 0 Å². The van der Waals surface area contributed by atoms with Crippen molar-refractivity contribution in [1.82, 2.24) is 9.88 Å². The Morgan fingerprint density at radius 2 is 1.95 bits per heavy atom. The van der Waals surface area contributed by atoms with E-state index in [1.165, 1.54) is 36.5 Å². The number of aliphatic hydroxyl groups is 1. The standard InChI is InChI=1S/C23H25ClF2N3O7P/c1-29(11-15-3-2-4-20(26)22(15)24)18(9-19(30)13-36-37(32,33)34)12-35-23(31)28-21-8-16-7-17(25)6-5-14(16)10-27-21/h2-8,10,18-19,30H,9,11-13H2,1H3,(H,27,28,31)(H2,32,33,34)/t18-,19?/m1/s1. The van der Waals surface area contributed by atoms with Gasteiger partial charge in [0.05, 0.1) is 17.7 Å². The van der Waals surface area contributed by atoms with Crippen molar-refractivity contribution in [3.05, 3.63) is 70.9 Å². The molecule has 0 aliphatic rings. The summed E-state index contributed by atoms with van der Waals surface area (Å²) in [4.78, 5) is 35.9. The van der Waals surface area contributed by atoms with Crippen molar-refractivity contribution in [1.29, 1.82) is 0 Å². The summed E-state index contributed by atoms with van der Waals surface area (Å²) < 4.78 is 47.9. The molecule has 1 amide bonds. The van der Waals surface area contributed by atoms with Gasteiger partial charge in [0.2, 0.25) is 0 Å². The van der Waals surface area contributed by atoms with E-state index >= 15 is 0 Å². The number of hydrogen-bond donors (Lipinski definition) is 4. The van der Waals surface area contributed by atoms with Crippen LogP contribution in [0.15, 0.2) is 48.7 Å². The van der Waals surface area contributed by atoms with Crippen molar-refractivity contribution >= 4 is 42.1 Å². The number of halogens is 3. The fourth-order valence-corrected chi connectivity index (χ4v) is 4.05. The van der Waals surface area contributed by atoms with Gasteiger partial charge in [0.15, 0.2) is 0 Å². The highest BCUT2D eigenvalue weighted by molar-refractivity contribution is 7.46. The maximum Gasteiger partial charge on any atom is 0.469 e. The summed E-state index contributed by atoms with van der Waals surface area (Å²) in [5.74, 6) is -0.940. The average molecular weight is 560 g/mol. The predicted octanol–water partition coefficient (Wildman–Crippen LogP) is 4.08. The first-order chi connectivity index (χ1) is 17.4. The van der Waals surface area contributed by atoms with Crippen LogP contribution in [0.1, 0.15) is 12.0 Å². The lowest BCUT2D eigenvalue weighted by Crippen LogP contribution is -2.40. The zero-order valence-corrected chi connectivity index (χ0v) is 21.2. The second-order valence-electron chi connectivity index (χ2n) is 8.24. The Morgan fingerprint density at radius 3 is 2.68 bits per heavy atom. The fourth-order valence-electron chi connectivity index (χ4n) is 3.50. The molecule has 200 valence electrons. The number of nitrogens with zero attached hydrogens (tertiary/aromatic N) is 2. The molecule has 0 fully saturated rings. The number of fused-ring (bicyclic) bond motifs is 1. The molecular formula is C23H25ClF2N3O7P. The predicted molar refractivity (Wildman–Crippen MR) is 132 cm³/mol. The van der Waals surface area contributed by atoms with E-state index in [4.69, 9.17) is 26.1 Å². The molecule has 2 aromatic carbocycles. The summed E-state index contributed by atoms with van der Waals surface area (Å²) >= 11 is 6.03. The summed E-state index contributed by atoms with van der Waals surface area (Å²) in [5.41, 5.74) is 0.437. The van der Waals surface area contributed by atoms with E-state index in [-0.39, 0.29) is 30.4 Å². The SMILES string of the molecule is CN(Cc1cccc(F)c1Cl)[C@@H](COC(=O)Nc1cc2cc(F)ccc2cn1)CC(O)COP(=O)(O)O. The molecule has 10 nitrogen and oxygen atoms in total. The maximum atomic E-state index is 13.8. The van der Waals surface area contributed by atoms with Gasteiger partial charge in [-0.2, -0.15) is 0 Å². The largest absolute Gasteiger partial charge is 0.469 e. The normalized spacial score (nSPS) is 13.5. The lowest BCUT2D eigenvalue weighted by atomic mass is 10.1. The number of carbonyl (C=O) groups excluding carboxylic acids is 1. The first kappa shape index (κ1) is 28.9. The van der Waals surface area contributed by atoms with E-state index in [9.17, 15) is 23.2 Å². The zero-order chi connectivity index (χ0) is 27.2. The molecule has 0 aliphatic heterocycles. The third-order valence-corrected chi connectivity index (χ3v) is 6.28. The number of phosphoric ester groups is 1. The molecule has 1 aromatic heterocycles. The van der Waals surface area contributed by atoms with E-state index in [1.54, 1.807) is 24.1 Å². The number of ether oxygens (including phenoxy) is 1. The molecule has 0 spiro atoms. The minimum atomic E-state index is -4.80. The van der Waals surface area contributed by atoms with Gasteiger partial charge in [-0.25, -0.2) is 23.1 Å². The molecule has 3 aromatic rings. The van der Waals surface area contributed by atoms with Crippen LogP contribution in [0.4, 0.5) is 19.4 Å². The highest BCUT2D eigenvalue weighted by Crippen LogP contribution is 2.36.